The standard InChI is InChI=1S/C20H14F2N2OS/c21-14-8-7-12(10-15(14)22)20-24-17(13-4-1-2-5-18(13)25-20)11-16(23-24)19-6-3-9-26-19/h1-10,17,20H,11H2/t17-,20+/m1/s1. The van der Waals surface area contributed by atoms with Gasteiger partial charge in [-0.2, -0.15) is 5.10 Å². The molecule has 0 amide bonds. The Balaban J connectivity index is 1.61. The van der Waals surface area contributed by atoms with Crippen LogP contribution in [0.2, 0.25) is 0 Å². The van der Waals surface area contributed by atoms with Crippen molar-refractivity contribution < 1.29 is 13.5 Å². The first-order valence-electron chi connectivity index (χ1n) is 8.31. The second kappa shape index (κ2) is 5.92. The van der Waals surface area contributed by atoms with Crippen LogP contribution < -0.4 is 4.74 Å². The van der Waals surface area contributed by atoms with Gasteiger partial charge in [0.05, 0.1) is 16.6 Å². The van der Waals surface area contributed by atoms with Crippen LogP contribution in [0.25, 0.3) is 0 Å². The second-order valence-electron chi connectivity index (χ2n) is 6.31. The molecule has 2 atom stereocenters. The van der Waals surface area contributed by atoms with Crippen molar-refractivity contribution in [2.45, 2.75) is 18.7 Å². The lowest BCUT2D eigenvalue weighted by molar-refractivity contribution is -0.0192. The maximum absolute atomic E-state index is 13.8. The first-order chi connectivity index (χ1) is 12.7. The van der Waals surface area contributed by atoms with Crippen LogP contribution in [0.1, 0.15) is 34.7 Å². The van der Waals surface area contributed by atoms with Gasteiger partial charge in [0.1, 0.15) is 5.75 Å². The van der Waals surface area contributed by atoms with Gasteiger partial charge in [0.25, 0.3) is 0 Å². The Labute approximate surface area is 153 Å². The molecule has 0 unspecified atom stereocenters. The number of nitrogens with zero attached hydrogens (tertiary/aromatic N) is 2. The summed E-state index contributed by atoms with van der Waals surface area (Å²) in [4.78, 5) is 1.11. The minimum absolute atomic E-state index is 0.00941. The molecule has 2 aliphatic rings. The highest BCUT2D eigenvalue weighted by atomic mass is 32.1. The van der Waals surface area contributed by atoms with E-state index >= 15 is 0 Å². The maximum Gasteiger partial charge on any atom is 0.213 e. The molecule has 0 saturated carbocycles. The van der Waals surface area contributed by atoms with E-state index in [0.29, 0.717) is 5.56 Å². The van der Waals surface area contributed by atoms with Gasteiger partial charge in [-0.15, -0.1) is 11.3 Å². The quantitative estimate of drug-likeness (QED) is 0.616. The fourth-order valence-corrected chi connectivity index (χ4v) is 4.23. The average molecular weight is 368 g/mol. The van der Waals surface area contributed by atoms with Crippen LogP contribution in [-0.4, -0.2) is 10.7 Å². The number of ether oxygens (including phenoxy) is 1. The van der Waals surface area contributed by atoms with Crippen molar-refractivity contribution in [2.24, 2.45) is 5.10 Å². The third kappa shape index (κ3) is 2.41. The number of hydrogen-bond donors (Lipinski definition) is 0. The fraction of sp³-hybridized carbons (Fsp3) is 0.150. The molecular weight excluding hydrogens is 354 g/mol. The topological polar surface area (TPSA) is 24.8 Å². The van der Waals surface area contributed by atoms with E-state index in [1.54, 1.807) is 17.4 Å². The van der Waals surface area contributed by atoms with Crippen LogP contribution in [-0.2, 0) is 0 Å². The maximum atomic E-state index is 13.8. The van der Waals surface area contributed by atoms with Crippen LogP contribution in [0.4, 0.5) is 8.78 Å². The van der Waals surface area contributed by atoms with E-state index in [4.69, 9.17) is 9.84 Å². The van der Waals surface area contributed by atoms with E-state index in [9.17, 15) is 8.78 Å². The van der Waals surface area contributed by atoms with Gasteiger partial charge in [0.15, 0.2) is 11.6 Å². The van der Waals surface area contributed by atoms with E-state index in [0.717, 1.165) is 34.4 Å². The van der Waals surface area contributed by atoms with Gasteiger partial charge in [-0.05, 0) is 29.6 Å². The summed E-state index contributed by atoms with van der Waals surface area (Å²) >= 11 is 1.64. The zero-order chi connectivity index (χ0) is 17.7. The predicted molar refractivity (Wildman–Crippen MR) is 96.2 cm³/mol. The molecule has 0 N–H and O–H groups in total. The Kier molecular flexibility index (Phi) is 3.53. The van der Waals surface area contributed by atoms with Gasteiger partial charge in [-0.1, -0.05) is 30.3 Å². The number of thiophene rings is 1. The molecule has 0 saturated heterocycles. The molecule has 1 aromatic heterocycles. The van der Waals surface area contributed by atoms with Gasteiger partial charge in [-0.25, -0.2) is 13.8 Å². The van der Waals surface area contributed by atoms with Crippen molar-refractivity contribution in [1.29, 1.82) is 0 Å². The molecule has 0 bridgehead atoms. The average Bonchev–Trinajstić information content (AvgIpc) is 3.33. The van der Waals surface area contributed by atoms with Gasteiger partial charge in [0, 0.05) is 17.5 Å². The summed E-state index contributed by atoms with van der Waals surface area (Å²) < 4.78 is 33.3. The highest BCUT2D eigenvalue weighted by Gasteiger charge is 2.41. The van der Waals surface area contributed by atoms with Gasteiger partial charge < -0.3 is 4.74 Å². The summed E-state index contributed by atoms with van der Waals surface area (Å²) in [5.74, 6) is -1.00. The highest BCUT2D eigenvalue weighted by molar-refractivity contribution is 7.12. The van der Waals surface area contributed by atoms with Crippen molar-refractivity contribution in [3.8, 4) is 5.75 Å². The zero-order valence-electron chi connectivity index (χ0n) is 13.6. The molecular formula is C20H14F2N2OS. The summed E-state index contributed by atoms with van der Waals surface area (Å²) in [6.07, 6.45) is 0.156. The molecule has 6 heteroatoms. The van der Waals surface area contributed by atoms with Gasteiger partial charge in [-0.3, -0.25) is 0 Å². The third-order valence-electron chi connectivity index (χ3n) is 4.73. The van der Waals surface area contributed by atoms with E-state index in [2.05, 4.69) is 0 Å². The lowest BCUT2D eigenvalue weighted by Crippen LogP contribution is -2.33. The van der Waals surface area contributed by atoms with E-state index < -0.39 is 17.9 Å². The van der Waals surface area contributed by atoms with E-state index in [1.165, 1.54) is 6.07 Å². The molecule has 2 aliphatic heterocycles. The minimum Gasteiger partial charge on any atom is -0.464 e. The fourth-order valence-electron chi connectivity index (χ4n) is 3.51. The minimum atomic E-state index is -0.886. The normalized spacial score (nSPS) is 21.0. The smallest absolute Gasteiger partial charge is 0.213 e. The molecule has 26 heavy (non-hydrogen) atoms. The largest absolute Gasteiger partial charge is 0.464 e. The first kappa shape index (κ1) is 15.5. The summed E-state index contributed by atoms with van der Waals surface area (Å²) in [6.45, 7) is 0. The molecule has 3 aromatic rings. The Morgan fingerprint density at radius 2 is 1.92 bits per heavy atom. The van der Waals surface area contributed by atoms with Crippen molar-refractivity contribution in [2.75, 3.05) is 0 Å². The lowest BCUT2D eigenvalue weighted by Gasteiger charge is -2.38. The van der Waals surface area contributed by atoms with Crippen LogP contribution >= 0.6 is 11.3 Å². The summed E-state index contributed by atoms with van der Waals surface area (Å²) in [7, 11) is 0. The number of fused-ring (bicyclic) bond motifs is 3. The van der Waals surface area contributed by atoms with Gasteiger partial charge in [0.2, 0.25) is 6.23 Å². The van der Waals surface area contributed by atoms with Crippen molar-refractivity contribution in [3.63, 3.8) is 0 Å². The molecule has 0 fully saturated rings. The Bertz CT molecular complexity index is 1000. The SMILES string of the molecule is Fc1ccc([C@@H]2Oc3ccccc3[C@H]3CC(c4cccs4)=NN32)cc1F. The molecule has 3 nitrogen and oxygen atoms in total. The first-order valence-corrected chi connectivity index (χ1v) is 9.19. The second-order valence-corrected chi connectivity index (χ2v) is 7.25. The molecule has 3 heterocycles. The molecule has 0 aliphatic carbocycles. The monoisotopic (exact) mass is 368 g/mol. The van der Waals surface area contributed by atoms with Crippen LogP contribution in [0, 0.1) is 11.6 Å². The molecule has 2 aromatic carbocycles. The van der Waals surface area contributed by atoms with Crippen molar-refractivity contribution >= 4 is 17.0 Å². The van der Waals surface area contributed by atoms with E-state index in [1.807, 2.05) is 46.8 Å². The number of hydrazone groups is 1. The molecule has 0 spiro atoms. The third-order valence-corrected chi connectivity index (χ3v) is 5.65. The molecule has 130 valence electrons. The Morgan fingerprint density at radius 1 is 1.04 bits per heavy atom. The Hall–Kier alpha value is -2.73. The lowest BCUT2D eigenvalue weighted by atomic mass is 9.98. The van der Waals surface area contributed by atoms with Gasteiger partial charge >= 0.3 is 0 Å². The number of hydrogen-bond acceptors (Lipinski definition) is 4. The van der Waals surface area contributed by atoms with Crippen LogP contribution in [0.15, 0.2) is 65.1 Å². The van der Waals surface area contributed by atoms with Crippen molar-refractivity contribution in [1.82, 2.24) is 5.01 Å². The summed E-state index contributed by atoms with van der Waals surface area (Å²) in [5, 5.41) is 8.67. The number of rotatable bonds is 2. The molecule has 0 radical (unpaired) electrons. The number of para-hydroxylation sites is 1. The van der Waals surface area contributed by atoms with Crippen LogP contribution in [0.3, 0.4) is 0 Å². The number of benzene rings is 2. The Morgan fingerprint density at radius 3 is 2.73 bits per heavy atom. The molecule has 5 rings (SSSR count). The summed E-state index contributed by atoms with van der Waals surface area (Å²) in [6, 6.07) is 15.7. The predicted octanol–water partition coefficient (Wildman–Crippen LogP) is 5.27. The van der Waals surface area contributed by atoms with Crippen LogP contribution in [0.5, 0.6) is 5.75 Å². The van der Waals surface area contributed by atoms with E-state index in [-0.39, 0.29) is 6.04 Å². The summed E-state index contributed by atoms with van der Waals surface area (Å²) in [5.41, 5.74) is 2.58. The highest BCUT2D eigenvalue weighted by Crippen LogP contribution is 2.47. The van der Waals surface area contributed by atoms with Crippen molar-refractivity contribution in [3.05, 3.63) is 87.6 Å². The zero-order valence-corrected chi connectivity index (χ0v) is 14.4. The number of halogens is 2.